The van der Waals surface area contributed by atoms with E-state index in [9.17, 15) is 0 Å². The summed E-state index contributed by atoms with van der Waals surface area (Å²) in [4.78, 5) is 0. The van der Waals surface area contributed by atoms with Gasteiger partial charge in [-0.25, -0.2) is 0 Å². The zero-order valence-corrected chi connectivity index (χ0v) is 8.35. The molecule has 0 bridgehead atoms. The maximum atomic E-state index is 5.50. The first-order valence-electron chi connectivity index (χ1n) is 5.47. The Hall–Kier alpha value is -0.0400. The van der Waals surface area contributed by atoms with Gasteiger partial charge in [-0.3, -0.25) is 0 Å². The van der Waals surface area contributed by atoms with Crippen LogP contribution in [0.25, 0.3) is 0 Å². The second-order valence-electron chi connectivity index (χ2n) is 4.06. The second kappa shape index (κ2) is 6.47. The zero-order valence-electron chi connectivity index (χ0n) is 8.35. The average Bonchev–Trinajstić information content (AvgIpc) is 2.11. The largest absolute Gasteiger partial charge is 0.381 e. The molecular weight excluding hydrogens is 148 g/mol. The van der Waals surface area contributed by atoms with Crippen molar-refractivity contribution in [3.05, 3.63) is 0 Å². The molecule has 0 aromatic rings. The SMILES string of the molecule is CC1CCCCCOCCCC1. The van der Waals surface area contributed by atoms with E-state index in [0.29, 0.717) is 0 Å². The van der Waals surface area contributed by atoms with Crippen molar-refractivity contribution in [1.82, 2.24) is 0 Å². The predicted octanol–water partition coefficient (Wildman–Crippen LogP) is 3.38. The summed E-state index contributed by atoms with van der Waals surface area (Å²) in [5.74, 6) is 0.947. The van der Waals surface area contributed by atoms with E-state index in [0.717, 1.165) is 19.1 Å². The minimum absolute atomic E-state index is 0.947. The highest BCUT2D eigenvalue weighted by molar-refractivity contribution is 4.56. The Morgan fingerprint density at radius 2 is 1.42 bits per heavy atom. The van der Waals surface area contributed by atoms with E-state index >= 15 is 0 Å². The Bertz CT molecular complexity index is 89.2. The molecule has 0 spiro atoms. The molecule has 12 heavy (non-hydrogen) atoms. The molecule has 0 amide bonds. The van der Waals surface area contributed by atoms with Crippen molar-refractivity contribution in [2.24, 2.45) is 5.92 Å². The van der Waals surface area contributed by atoms with E-state index in [1.807, 2.05) is 0 Å². The van der Waals surface area contributed by atoms with Crippen LogP contribution in [0.1, 0.15) is 51.9 Å². The fraction of sp³-hybridized carbons (Fsp3) is 1.00. The van der Waals surface area contributed by atoms with Crippen LogP contribution in [0.4, 0.5) is 0 Å². The second-order valence-corrected chi connectivity index (χ2v) is 4.06. The maximum absolute atomic E-state index is 5.50. The third kappa shape index (κ3) is 4.76. The lowest BCUT2D eigenvalue weighted by Gasteiger charge is -2.08. The van der Waals surface area contributed by atoms with Crippen molar-refractivity contribution in [1.29, 1.82) is 0 Å². The average molecular weight is 170 g/mol. The molecule has 1 unspecified atom stereocenters. The van der Waals surface area contributed by atoms with Gasteiger partial charge in [0.2, 0.25) is 0 Å². The van der Waals surface area contributed by atoms with Gasteiger partial charge in [0.15, 0.2) is 0 Å². The fourth-order valence-corrected chi connectivity index (χ4v) is 1.82. The fourth-order valence-electron chi connectivity index (χ4n) is 1.82. The summed E-state index contributed by atoms with van der Waals surface area (Å²) in [6, 6.07) is 0. The van der Waals surface area contributed by atoms with Crippen LogP contribution < -0.4 is 0 Å². The van der Waals surface area contributed by atoms with Crippen LogP contribution in [0.2, 0.25) is 0 Å². The van der Waals surface area contributed by atoms with Gasteiger partial charge in [0.1, 0.15) is 0 Å². The quantitative estimate of drug-likeness (QED) is 0.541. The van der Waals surface area contributed by atoms with Crippen LogP contribution in [0.15, 0.2) is 0 Å². The van der Waals surface area contributed by atoms with E-state index in [2.05, 4.69) is 6.92 Å². The van der Waals surface area contributed by atoms with Gasteiger partial charge in [0.05, 0.1) is 0 Å². The van der Waals surface area contributed by atoms with E-state index in [1.54, 1.807) is 0 Å². The first-order chi connectivity index (χ1) is 5.89. The summed E-state index contributed by atoms with van der Waals surface area (Å²) in [5, 5.41) is 0. The molecule has 0 aliphatic carbocycles. The Labute approximate surface area is 76.5 Å². The number of ether oxygens (including phenoxy) is 1. The monoisotopic (exact) mass is 170 g/mol. The third-order valence-electron chi connectivity index (χ3n) is 2.72. The van der Waals surface area contributed by atoms with Crippen LogP contribution in [0.3, 0.4) is 0 Å². The molecule has 1 aliphatic heterocycles. The Balaban J connectivity index is 2.13. The van der Waals surface area contributed by atoms with Crippen molar-refractivity contribution in [3.63, 3.8) is 0 Å². The third-order valence-corrected chi connectivity index (χ3v) is 2.72. The highest BCUT2D eigenvalue weighted by atomic mass is 16.5. The first-order valence-corrected chi connectivity index (χ1v) is 5.47. The molecule has 1 heterocycles. The van der Waals surface area contributed by atoms with Gasteiger partial charge in [0.25, 0.3) is 0 Å². The maximum Gasteiger partial charge on any atom is 0.0466 e. The molecule has 1 nitrogen and oxygen atoms in total. The Kier molecular flexibility index (Phi) is 5.42. The highest BCUT2D eigenvalue weighted by Gasteiger charge is 2.03. The lowest BCUT2D eigenvalue weighted by atomic mass is 9.98. The minimum Gasteiger partial charge on any atom is -0.381 e. The molecule has 72 valence electrons. The van der Waals surface area contributed by atoms with Crippen LogP contribution in [-0.4, -0.2) is 13.2 Å². The molecule has 1 aliphatic rings. The van der Waals surface area contributed by atoms with Crippen molar-refractivity contribution >= 4 is 0 Å². The smallest absolute Gasteiger partial charge is 0.0466 e. The van der Waals surface area contributed by atoms with Gasteiger partial charge >= 0.3 is 0 Å². The highest BCUT2D eigenvalue weighted by Crippen LogP contribution is 2.16. The Morgan fingerprint density at radius 3 is 2.17 bits per heavy atom. The van der Waals surface area contributed by atoms with Gasteiger partial charge < -0.3 is 4.74 Å². The van der Waals surface area contributed by atoms with Crippen LogP contribution in [0, 0.1) is 5.92 Å². The predicted molar refractivity (Wildman–Crippen MR) is 52.3 cm³/mol. The van der Waals surface area contributed by atoms with Crippen molar-refractivity contribution in [2.75, 3.05) is 13.2 Å². The number of hydrogen-bond donors (Lipinski definition) is 0. The summed E-state index contributed by atoms with van der Waals surface area (Å²) in [7, 11) is 0. The summed E-state index contributed by atoms with van der Waals surface area (Å²) in [5.41, 5.74) is 0. The lowest BCUT2D eigenvalue weighted by molar-refractivity contribution is 0.127. The summed E-state index contributed by atoms with van der Waals surface area (Å²) < 4.78 is 5.50. The molecule has 0 N–H and O–H groups in total. The van der Waals surface area contributed by atoms with Gasteiger partial charge in [-0.1, -0.05) is 39.0 Å². The van der Waals surface area contributed by atoms with Gasteiger partial charge in [0, 0.05) is 13.2 Å². The molecule has 1 fully saturated rings. The van der Waals surface area contributed by atoms with Gasteiger partial charge in [-0.2, -0.15) is 0 Å². The molecule has 1 saturated heterocycles. The molecule has 1 rings (SSSR count). The topological polar surface area (TPSA) is 9.23 Å². The molecule has 0 radical (unpaired) electrons. The summed E-state index contributed by atoms with van der Waals surface area (Å²) >= 11 is 0. The van der Waals surface area contributed by atoms with E-state index in [-0.39, 0.29) is 0 Å². The number of hydrogen-bond acceptors (Lipinski definition) is 1. The van der Waals surface area contributed by atoms with Crippen molar-refractivity contribution < 1.29 is 4.74 Å². The molecule has 1 atom stereocenters. The molecule has 0 aromatic heterocycles. The summed E-state index contributed by atoms with van der Waals surface area (Å²) in [6.45, 7) is 4.37. The molecular formula is C11H22O. The molecule has 1 heteroatoms. The first kappa shape index (κ1) is 10.0. The van der Waals surface area contributed by atoms with Crippen molar-refractivity contribution in [3.8, 4) is 0 Å². The number of rotatable bonds is 0. The summed E-state index contributed by atoms with van der Waals surface area (Å²) in [6.07, 6.45) is 9.51. The van der Waals surface area contributed by atoms with Gasteiger partial charge in [-0.15, -0.1) is 0 Å². The van der Waals surface area contributed by atoms with E-state index in [4.69, 9.17) is 4.74 Å². The Morgan fingerprint density at radius 1 is 0.833 bits per heavy atom. The minimum atomic E-state index is 0.947. The van der Waals surface area contributed by atoms with E-state index in [1.165, 1.54) is 44.9 Å². The normalized spacial score (nSPS) is 29.2. The standard InChI is InChI=1S/C11H22O/c1-11-7-3-2-5-9-12-10-6-4-8-11/h11H,2-10H2,1H3. The van der Waals surface area contributed by atoms with Crippen LogP contribution >= 0.6 is 0 Å². The van der Waals surface area contributed by atoms with Crippen LogP contribution in [0.5, 0.6) is 0 Å². The lowest BCUT2D eigenvalue weighted by Crippen LogP contribution is -1.96. The molecule has 0 saturated carbocycles. The molecule has 0 aromatic carbocycles. The van der Waals surface area contributed by atoms with Crippen LogP contribution in [-0.2, 0) is 4.74 Å². The zero-order chi connectivity index (χ0) is 8.65. The van der Waals surface area contributed by atoms with Crippen molar-refractivity contribution in [2.45, 2.75) is 51.9 Å². The van der Waals surface area contributed by atoms with E-state index < -0.39 is 0 Å². The van der Waals surface area contributed by atoms with Gasteiger partial charge in [-0.05, 0) is 18.8 Å².